The number of nitrogens with two attached hydrogens (primary N) is 1. The first-order valence-corrected chi connectivity index (χ1v) is 7.08. The van der Waals surface area contributed by atoms with Crippen molar-refractivity contribution < 1.29 is 9.59 Å². The standard InChI is InChI=1S/C13H19N7O2/c1-18(2)12-15-4-8(5-16-12)17-13(22)20-7-9-3-10(20)6-19(9)11(14)21/h4-5,9-10H,3,6-7H2,1-2H3,(H2,14,21)(H,17,22)/t9-,10-/m0/s1. The van der Waals surface area contributed by atoms with E-state index in [1.165, 1.54) is 0 Å². The van der Waals surface area contributed by atoms with Gasteiger partial charge in [-0.15, -0.1) is 0 Å². The third kappa shape index (κ3) is 2.49. The molecule has 4 amide bonds. The van der Waals surface area contributed by atoms with Gasteiger partial charge in [0.05, 0.1) is 30.2 Å². The van der Waals surface area contributed by atoms with Crippen LogP contribution in [-0.2, 0) is 0 Å². The van der Waals surface area contributed by atoms with Gasteiger partial charge in [0.2, 0.25) is 5.95 Å². The maximum Gasteiger partial charge on any atom is 0.322 e. The van der Waals surface area contributed by atoms with Crippen molar-refractivity contribution in [1.82, 2.24) is 19.8 Å². The second kappa shape index (κ2) is 5.32. The second-order valence-electron chi connectivity index (χ2n) is 5.78. The number of piperazine rings is 1. The third-order valence-corrected chi connectivity index (χ3v) is 4.07. The lowest BCUT2D eigenvalue weighted by molar-refractivity contribution is 0.152. The zero-order valence-electron chi connectivity index (χ0n) is 12.6. The smallest absolute Gasteiger partial charge is 0.322 e. The molecule has 9 heteroatoms. The summed E-state index contributed by atoms with van der Waals surface area (Å²) < 4.78 is 0. The summed E-state index contributed by atoms with van der Waals surface area (Å²) >= 11 is 0. The summed E-state index contributed by atoms with van der Waals surface area (Å²) in [6, 6.07) is -0.557. The highest BCUT2D eigenvalue weighted by molar-refractivity contribution is 5.90. The zero-order valence-corrected chi connectivity index (χ0v) is 12.6. The second-order valence-corrected chi connectivity index (χ2v) is 5.78. The van der Waals surface area contributed by atoms with Crippen LogP contribution in [0.4, 0.5) is 21.2 Å². The highest BCUT2D eigenvalue weighted by Gasteiger charge is 2.46. The fraction of sp³-hybridized carbons (Fsp3) is 0.538. The molecule has 22 heavy (non-hydrogen) atoms. The molecule has 0 radical (unpaired) electrons. The Labute approximate surface area is 128 Å². The Morgan fingerprint density at radius 3 is 2.32 bits per heavy atom. The van der Waals surface area contributed by atoms with E-state index in [2.05, 4.69) is 15.3 Å². The molecule has 2 fully saturated rings. The number of rotatable bonds is 2. The quantitative estimate of drug-likeness (QED) is 0.794. The molecule has 2 aliphatic rings. The largest absolute Gasteiger partial charge is 0.351 e. The number of nitrogens with one attached hydrogen (secondary N) is 1. The molecule has 0 spiro atoms. The molecule has 2 atom stereocenters. The van der Waals surface area contributed by atoms with Gasteiger partial charge in [-0.1, -0.05) is 0 Å². The van der Waals surface area contributed by atoms with E-state index < -0.39 is 6.03 Å². The van der Waals surface area contributed by atoms with Crippen LogP contribution >= 0.6 is 0 Å². The van der Waals surface area contributed by atoms with Crippen molar-refractivity contribution in [3.8, 4) is 0 Å². The fourth-order valence-electron chi connectivity index (χ4n) is 3.00. The van der Waals surface area contributed by atoms with Gasteiger partial charge in [0.15, 0.2) is 0 Å². The lowest BCUT2D eigenvalue weighted by Gasteiger charge is -2.33. The number of anilines is 2. The molecule has 2 aliphatic heterocycles. The van der Waals surface area contributed by atoms with Gasteiger partial charge in [0.25, 0.3) is 0 Å². The summed E-state index contributed by atoms with van der Waals surface area (Å²) in [6.07, 6.45) is 3.93. The van der Waals surface area contributed by atoms with Crippen LogP contribution in [0.1, 0.15) is 6.42 Å². The molecule has 3 N–H and O–H groups in total. The van der Waals surface area contributed by atoms with E-state index in [4.69, 9.17) is 5.73 Å². The molecule has 0 saturated carbocycles. The molecule has 2 bridgehead atoms. The van der Waals surface area contributed by atoms with Crippen molar-refractivity contribution in [2.24, 2.45) is 5.73 Å². The Morgan fingerprint density at radius 2 is 1.82 bits per heavy atom. The Balaban J connectivity index is 1.61. The van der Waals surface area contributed by atoms with Crippen LogP contribution in [-0.4, -0.2) is 71.1 Å². The highest BCUT2D eigenvalue weighted by Crippen LogP contribution is 2.30. The van der Waals surface area contributed by atoms with Gasteiger partial charge in [0.1, 0.15) is 0 Å². The summed E-state index contributed by atoms with van der Waals surface area (Å²) in [7, 11) is 3.69. The van der Waals surface area contributed by atoms with Crippen LogP contribution < -0.4 is 16.0 Å². The maximum atomic E-state index is 12.3. The molecular formula is C13H19N7O2. The summed E-state index contributed by atoms with van der Waals surface area (Å²) in [5, 5.41) is 2.79. The van der Waals surface area contributed by atoms with Crippen LogP contribution in [0.3, 0.4) is 0 Å². The van der Waals surface area contributed by atoms with Gasteiger partial charge in [-0.2, -0.15) is 0 Å². The molecule has 1 aromatic rings. The number of primary amides is 1. The van der Waals surface area contributed by atoms with E-state index >= 15 is 0 Å². The summed E-state index contributed by atoms with van der Waals surface area (Å²) in [4.78, 5) is 37.0. The minimum atomic E-state index is -0.416. The minimum Gasteiger partial charge on any atom is -0.351 e. The van der Waals surface area contributed by atoms with E-state index in [1.807, 2.05) is 14.1 Å². The first-order chi connectivity index (χ1) is 10.5. The zero-order chi connectivity index (χ0) is 15.9. The van der Waals surface area contributed by atoms with Crippen LogP contribution in [0.5, 0.6) is 0 Å². The Bertz CT molecular complexity index is 589. The SMILES string of the molecule is CN(C)c1ncc(NC(=O)N2C[C@@H]3C[C@H]2CN3C(N)=O)cn1. The van der Waals surface area contributed by atoms with Crippen molar-refractivity contribution >= 4 is 23.7 Å². The molecular weight excluding hydrogens is 286 g/mol. The van der Waals surface area contributed by atoms with Gasteiger partial charge >= 0.3 is 12.1 Å². The molecule has 0 unspecified atom stereocenters. The van der Waals surface area contributed by atoms with Crippen LogP contribution in [0.15, 0.2) is 12.4 Å². The number of urea groups is 2. The molecule has 3 rings (SSSR count). The monoisotopic (exact) mass is 305 g/mol. The Kier molecular flexibility index (Phi) is 3.47. The number of aromatic nitrogens is 2. The lowest BCUT2D eigenvalue weighted by atomic mass is 10.2. The van der Waals surface area contributed by atoms with E-state index in [0.717, 1.165) is 6.42 Å². The normalized spacial score (nSPS) is 22.8. The average Bonchev–Trinajstić information content (AvgIpc) is 3.07. The third-order valence-electron chi connectivity index (χ3n) is 4.07. The summed E-state index contributed by atoms with van der Waals surface area (Å²) in [5.74, 6) is 0.579. The number of carbonyl (C=O) groups excluding carboxylic acids is 2. The number of nitrogens with zero attached hydrogens (tertiary/aromatic N) is 5. The maximum absolute atomic E-state index is 12.3. The van der Waals surface area contributed by atoms with E-state index in [0.29, 0.717) is 24.7 Å². The van der Waals surface area contributed by atoms with Gasteiger partial charge in [-0.25, -0.2) is 19.6 Å². The van der Waals surface area contributed by atoms with Crippen LogP contribution in [0, 0.1) is 0 Å². The van der Waals surface area contributed by atoms with Gasteiger partial charge in [-0.3, -0.25) is 0 Å². The molecule has 9 nitrogen and oxygen atoms in total. The predicted molar refractivity (Wildman–Crippen MR) is 80.6 cm³/mol. The number of carbonyl (C=O) groups is 2. The van der Waals surface area contributed by atoms with E-state index in [1.54, 1.807) is 27.1 Å². The average molecular weight is 305 g/mol. The van der Waals surface area contributed by atoms with E-state index in [9.17, 15) is 9.59 Å². The molecule has 3 heterocycles. The number of likely N-dealkylation sites (tertiary alicyclic amines) is 2. The number of hydrogen-bond donors (Lipinski definition) is 2. The van der Waals surface area contributed by atoms with Gasteiger partial charge in [0, 0.05) is 27.2 Å². The first-order valence-electron chi connectivity index (χ1n) is 7.08. The van der Waals surface area contributed by atoms with Crippen molar-refractivity contribution in [2.75, 3.05) is 37.4 Å². The number of hydrogen-bond acceptors (Lipinski definition) is 5. The van der Waals surface area contributed by atoms with Crippen molar-refractivity contribution in [1.29, 1.82) is 0 Å². The Hall–Kier alpha value is -2.58. The predicted octanol–water partition coefficient (Wildman–Crippen LogP) is -0.0883. The molecule has 2 saturated heterocycles. The minimum absolute atomic E-state index is 0.0273. The van der Waals surface area contributed by atoms with Gasteiger partial charge in [-0.05, 0) is 6.42 Å². The molecule has 0 aromatic carbocycles. The topological polar surface area (TPSA) is 108 Å². The van der Waals surface area contributed by atoms with Crippen molar-refractivity contribution in [2.45, 2.75) is 18.5 Å². The molecule has 118 valence electrons. The van der Waals surface area contributed by atoms with E-state index in [-0.39, 0.29) is 18.1 Å². The molecule has 1 aromatic heterocycles. The fourth-order valence-corrected chi connectivity index (χ4v) is 3.00. The molecule has 0 aliphatic carbocycles. The van der Waals surface area contributed by atoms with Crippen LogP contribution in [0.2, 0.25) is 0 Å². The number of amides is 4. The Morgan fingerprint density at radius 1 is 1.23 bits per heavy atom. The highest BCUT2D eigenvalue weighted by atomic mass is 16.2. The number of fused-ring (bicyclic) bond motifs is 2. The first kappa shape index (κ1) is 14.4. The van der Waals surface area contributed by atoms with Gasteiger partial charge < -0.3 is 25.8 Å². The van der Waals surface area contributed by atoms with Crippen LogP contribution in [0.25, 0.3) is 0 Å². The summed E-state index contributed by atoms with van der Waals surface area (Å²) in [5.41, 5.74) is 5.86. The van der Waals surface area contributed by atoms with Crippen molar-refractivity contribution in [3.63, 3.8) is 0 Å². The lowest BCUT2D eigenvalue weighted by Crippen LogP contribution is -2.53. The van der Waals surface area contributed by atoms with Crippen molar-refractivity contribution in [3.05, 3.63) is 12.4 Å². The summed E-state index contributed by atoms with van der Waals surface area (Å²) in [6.45, 7) is 1.01.